The quantitative estimate of drug-likeness (QED) is 0.615. The van der Waals surface area contributed by atoms with Gasteiger partial charge in [0, 0.05) is 0 Å². The van der Waals surface area contributed by atoms with E-state index in [1.165, 1.54) is 12.1 Å². The normalized spacial score (nSPS) is 14.0. The molecule has 21 heavy (non-hydrogen) atoms. The van der Waals surface area contributed by atoms with Crippen molar-refractivity contribution in [3.05, 3.63) is 30.3 Å². The topological polar surface area (TPSA) is 84.9 Å². The van der Waals surface area contributed by atoms with Gasteiger partial charge in [-0.05, 0) is 12.1 Å². The lowest BCUT2D eigenvalue weighted by molar-refractivity contribution is -0.270. The third-order valence-electron chi connectivity index (χ3n) is 2.32. The molecular weight excluding hydrogens is 295 g/mol. The maximum atomic E-state index is 12.7. The Kier molecular flexibility index (Phi) is 5.14. The first-order chi connectivity index (χ1) is 9.70. The summed E-state index contributed by atoms with van der Waals surface area (Å²) in [6, 6.07) is 7.81. The molecule has 0 aliphatic carbocycles. The summed E-state index contributed by atoms with van der Waals surface area (Å²) < 4.78 is 46.7. The van der Waals surface area contributed by atoms with Crippen LogP contribution in [0.4, 0.5) is 13.2 Å². The Bertz CT molecular complexity index is 505. The molecule has 0 saturated heterocycles. The van der Waals surface area contributed by atoms with Crippen LogP contribution in [0.2, 0.25) is 0 Å². The van der Waals surface area contributed by atoms with Crippen molar-refractivity contribution in [2.24, 2.45) is 0 Å². The van der Waals surface area contributed by atoms with E-state index in [9.17, 15) is 27.9 Å². The third kappa shape index (κ3) is 4.09. The fourth-order valence-corrected chi connectivity index (χ4v) is 1.29. The van der Waals surface area contributed by atoms with Gasteiger partial charge in [-0.1, -0.05) is 18.2 Å². The van der Waals surface area contributed by atoms with Crippen LogP contribution in [0.3, 0.4) is 0 Å². The van der Waals surface area contributed by atoms with Crippen LogP contribution in [0.5, 0.6) is 5.75 Å². The molecule has 0 unspecified atom stereocenters. The van der Waals surface area contributed by atoms with Gasteiger partial charge in [0.2, 0.25) is 0 Å². The number of carbonyl (C=O) groups is 2. The zero-order chi connectivity index (χ0) is 16.1. The predicted octanol–water partition coefficient (Wildman–Crippen LogP) is 0.605. The van der Waals surface area contributed by atoms with Crippen molar-refractivity contribution in [3.63, 3.8) is 0 Å². The maximum absolute atomic E-state index is 12.7. The molecule has 0 bridgehead atoms. The Morgan fingerprint density at radius 1 is 1.24 bits per heavy atom. The lowest BCUT2D eigenvalue weighted by Gasteiger charge is -2.28. The van der Waals surface area contributed by atoms with E-state index in [2.05, 4.69) is 4.74 Å². The van der Waals surface area contributed by atoms with Crippen LogP contribution >= 0.6 is 0 Å². The number of hydrogen-bond acceptors (Lipinski definition) is 5. The highest BCUT2D eigenvalue weighted by Crippen LogP contribution is 2.29. The largest absolute Gasteiger partial charge is 0.484 e. The SMILES string of the molecule is COC(=O)[C@](O)(NC(=O)COc1ccccc1)C(F)(F)F. The number of aliphatic hydroxyl groups is 1. The number of hydrogen-bond donors (Lipinski definition) is 2. The molecule has 0 aliphatic rings. The smallest absolute Gasteiger partial charge is 0.448 e. The van der Waals surface area contributed by atoms with Crippen molar-refractivity contribution in [1.82, 2.24) is 5.32 Å². The Labute approximate surface area is 117 Å². The molecule has 1 aromatic carbocycles. The molecule has 2 N–H and O–H groups in total. The molecule has 0 spiro atoms. The van der Waals surface area contributed by atoms with Gasteiger partial charge in [0.25, 0.3) is 5.91 Å². The molecule has 116 valence electrons. The molecule has 0 aliphatic heterocycles. The highest BCUT2D eigenvalue weighted by atomic mass is 19.4. The zero-order valence-electron chi connectivity index (χ0n) is 10.8. The number of ether oxygens (including phenoxy) is 2. The summed E-state index contributed by atoms with van der Waals surface area (Å²) in [5.74, 6) is -3.16. The zero-order valence-corrected chi connectivity index (χ0v) is 10.8. The van der Waals surface area contributed by atoms with Gasteiger partial charge in [-0.3, -0.25) is 4.79 Å². The summed E-state index contributed by atoms with van der Waals surface area (Å²) in [5, 5.41) is 10.4. The first kappa shape index (κ1) is 16.8. The Hall–Kier alpha value is -2.29. The maximum Gasteiger partial charge on any atom is 0.448 e. The van der Waals surface area contributed by atoms with Crippen LogP contribution < -0.4 is 10.1 Å². The number of benzene rings is 1. The van der Waals surface area contributed by atoms with Crippen molar-refractivity contribution >= 4 is 11.9 Å². The minimum absolute atomic E-state index is 0.237. The average molecular weight is 307 g/mol. The first-order valence-corrected chi connectivity index (χ1v) is 5.57. The molecule has 0 aromatic heterocycles. The van der Waals surface area contributed by atoms with Crippen molar-refractivity contribution in [1.29, 1.82) is 0 Å². The molecule has 6 nitrogen and oxygen atoms in total. The number of amides is 1. The minimum Gasteiger partial charge on any atom is -0.484 e. The fraction of sp³-hybridized carbons (Fsp3) is 0.333. The van der Waals surface area contributed by atoms with Gasteiger partial charge < -0.3 is 19.9 Å². The number of nitrogens with one attached hydrogen (secondary N) is 1. The van der Waals surface area contributed by atoms with Gasteiger partial charge in [-0.2, -0.15) is 13.2 Å². The van der Waals surface area contributed by atoms with Crippen molar-refractivity contribution in [2.75, 3.05) is 13.7 Å². The van der Waals surface area contributed by atoms with Gasteiger partial charge in [0.05, 0.1) is 7.11 Å². The van der Waals surface area contributed by atoms with Gasteiger partial charge in [-0.25, -0.2) is 4.79 Å². The molecule has 0 saturated carbocycles. The molecule has 9 heteroatoms. The Balaban J connectivity index is 2.72. The lowest BCUT2D eigenvalue weighted by atomic mass is 10.2. The summed E-state index contributed by atoms with van der Waals surface area (Å²) in [6.45, 7) is -0.820. The third-order valence-corrected chi connectivity index (χ3v) is 2.32. The van der Waals surface area contributed by atoms with Gasteiger partial charge in [-0.15, -0.1) is 0 Å². The van der Waals surface area contributed by atoms with Crippen LogP contribution in [0, 0.1) is 0 Å². The van der Waals surface area contributed by atoms with Crippen molar-refractivity contribution in [3.8, 4) is 5.75 Å². The number of para-hydroxylation sites is 1. The van der Waals surface area contributed by atoms with E-state index in [4.69, 9.17) is 4.74 Å². The van der Waals surface area contributed by atoms with Crippen LogP contribution in [0.1, 0.15) is 0 Å². The molecule has 1 amide bonds. The minimum atomic E-state index is -5.44. The predicted molar refractivity (Wildman–Crippen MR) is 63.1 cm³/mol. The Morgan fingerprint density at radius 3 is 2.29 bits per heavy atom. The fourth-order valence-electron chi connectivity index (χ4n) is 1.29. The molecule has 1 atom stereocenters. The number of carbonyl (C=O) groups excluding carboxylic acids is 2. The molecule has 0 heterocycles. The summed E-state index contributed by atoms with van der Waals surface area (Å²) in [6.07, 6.45) is -5.44. The standard InChI is InChI=1S/C12H12F3NO5/c1-20-10(18)11(19,12(13,14)15)16-9(17)7-21-8-5-3-2-4-6-8/h2-6,19H,7H2,1H3,(H,16,17)/t11-/m1/s1. The van der Waals surface area contributed by atoms with E-state index in [0.29, 0.717) is 7.11 Å². The van der Waals surface area contributed by atoms with E-state index in [1.54, 1.807) is 18.2 Å². The Morgan fingerprint density at radius 2 is 1.81 bits per heavy atom. The summed E-state index contributed by atoms with van der Waals surface area (Å²) in [7, 11) is 0.645. The van der Waals surface area contributed by atoms with Crippen LogP contribution in [-0.4, -0.2) is 42.6 Å². The molecule has 0 fully saturated rings. The van der Waals surface area contributed by atoms with Gasteiger partial charge in [0.1, 0.15) is 5.75 Å². The number of alkyl halides is 3. The highest BCUT2D eigenvalue weighted by molar-refractivity contribution is 5.87. The van der Waals surface area contributed by atoms with Crippen LogP contribution in [0.15, 0.2) is 30.3 Å². The monoisotopic (exact) mass is 307 g/mol. The van der Waals surface area contributed by atoms with E-state index < -0.39 is 30.4 Å². The summed E-state index contributed by atoms with van der Waals surface area (Å²) >= 11 is 0. The van der Waals surface area contributed by atoms with E-state index in [0.717, 1.165) is 5.32 Å². The number of methoxy groups -OCH3 is 1. The van der Waals surface area contributed by atoms with E-state index in [-0.39, 0.29) is 5.75 Å². The van der Waals surface area contributed by atoms with E-state index in [1.807, 2.05) is 0 Å². The van der Waals surface area contributed by atoms with E-state index >= 15 is 0 Å². The van der Waals surface area contributed by atoms with Crippen LogP contribution in [-0.2, 0) is 14.3 Å². The number of rotatable bonds is 5. The average Bonchev–Trinajstić information content (AvgIpc) is 2.44. The highest BCUT2D eigenvalue weighted by Gasteiger charge is 2.62. The van der Waals surface area contributed by atoms with Gasteiger partial charge in [0.15, 0.2) is 6.61 Å². The molecule has 1 aromatic rings. The second-order valence-electron chi connectivity index (χ2n) is 3.85. The summed E-state index contributed by atoms with van der Waals surface area (Å²) in [5.41, 5.74) is -4.13. The van der Waals surface area contributed by atoms with Crippen LogP contribution in [0.25, 0.3) is 0 Å². The molecule has 1 rings (SSSR count). The number of esters is 1. The van der Waals surface area contributed by atoms with Gasteiger partial charge >= 0.3 is 17.9 Å². The lowest BCUT2D eigenvalue weighted by Crippen LogP contribution is -2.65. The summed E-state index contributed by atoms with van der Waals surface area (Å²) in [4.78, 5) is 22.4. The van der Waals surface area contributed by atoms with Crippen molar-refractivity contribution in [2.45, 2.75) is 11.9 Å². The second kappa shape index (κ2) is 6.44. The number of halogens is 3. The first-order valence-electron chi connectivity index (χ1n) is 5.57. The van der Waals surface area contributed by atoms with Crippen molar-refractivity contribution < 1.29 is 37.3 Å². The molecule has 0 radical (unpaired) electrons. The molecular formula is C12H12F3NO5. The second-order valence-corrected chi connectivity index (χ2v) is 3.85.